The summed E-state index contributed by atoms with van der Waals surface area (Å²) >= 11 is 12.6. The number of carbonyl (C=O) groups excluding carboxylic acids is 4. The Labute approximate surface area is 306 Å². The van der Waals surface area contributed by atoms with Gasteiger partial charge in [0, 0.05) is 23.7 Å². The summed E-state index contributed by atoms with van der Waals surface area (Å²) in [5, 5.41) is 11.3. The molecule has 0 radical (unpaired) electrons. The number of amides is 4. The Morgan fingerprint density at radius 1 is 1.00 bits per heavy atom. The summed E-state index contributed by atoms with van der Waals surface area (Å²) < 4.78 is 46.0. The number of benzene rings is 2. The van der Waals surface area contributed by atoms with Gasteiger partial charge in [0.15, 0.2) is 17.3 Å². The summed E-state index contributed by atoms with van der Waals surface area (Å²) in [6, 6.07) is 11.8. The molecule has 52 heavy (non-hydrogen) atoms. The molecule has 2 aliphatic carbocycles. The smallest absolute Gasteiger partial charge is 0.417 e. The first-order valence-electron chi connectivity index (χ1n) is 16.9. The molecule has 0 bridgehead atoms. The lowest BCUT2D eigenvalue weighted by molar-refractivity contribution is -0.141. The minimum absolute atomic E-state index is 0.00155. The third-order valence-electron chi connectivity index (χ3n) is 10.7. The molecule has 2 aliphatic heterocycles. The number of aromatic hydroxyl groups is 1. The van der Waals surface area contributed by atoms with Gasteiger partial charge in [0.2, 0.25) is 11.8 Å². The Kier molecular flexibility index (Phi) is 9.01. The third-order valence-corrected chi connectivity index (χ3v) is 11.3. The second-order valence-corrected chi connectivity index (χ2v) is 14.3. The van der Waals surface area contributed by atoms with Crippen LogP contribution in [0.2, 0.25) is 10.0 Å². The number of fused-ring (bicyclic) bond motifs is 4. The van der Waals surface area contributed by atoms with Gasteiger partial charge in [0.25, 0.3) is 11.8 Å². The van der Waals surface area contributed by atoms with E-state index in [2.05, 4.69) is 10.4 Å². The number of alkyl halides is 3. The van der Waals surface area contributed by atoms with E-state index in [0.29, 0.717) is 40.4 Å². The van der Waals surface area contributed by atoms with Crippen LogP contribution in [0, 0.1) is 23.7 Å². The van der Waals surface area contributed by atoms with E-state index in [-0.39, 0.29) is 55.1 Å². The van der Waals surface area contributed by atoms with Crippen molar-refractivity contribution in [2.75, 3.05) is 18.6 Å². The van der Waals surface area contributed by atoms with Gasteiger partial charge in [-0.2, -0.15) is 18.2 Å². The first kappa shape index (κ1) is 35.8. The molecular formula is C37H33Cl2F3N4O6. The summed E-state index contributed by atoms with van der Waals surface area (Å²) in [6.07, 6.45) is -1.52. The molecule has 6 atom stereocenters. The number of imide groups is 2. The molecular weight excluding hydrogens is 724 g/mol. The number of rotatable bonds is 8. The Morgan fingerprint density at radius 3 is 2.38 bits per heavy atom. The number of hydrazine groups is 1. The lowest BCUT2D eigenvalue weighted by Gasteiger charge is -2.50. The summed E-state index contributed by atoms with van der Waals surface area (Å²) in [5.74, 6) is -6.63. The summed E-state index contributed by atoms with van der Waals surface area (Å²) in [7, 11) is 0. The molecule has 4 aliphatic rings. The molecule has 2 aromatic carbocycles. The second-order valence-electron chi connectivity index (χ2n) is 13.4. The van der Waals surface area contributed by atoms with Crippen LogP contribution in [0.25, 0.3) is 0 Å². The van der Waals surface area contributed by atoms with Crippen molar-refractivity contribution < 1.29 is 42.2 Å². The van der Waals surface area contributed by atoms with Crippen LogP contribution in [0.15, 0.2) is 66.4 Å². The van der Waals surface area contributed by atoms with Crippen molar-refractivity contribution >= 4 is 52.6 Å². The number of pyridine rings is 1. The maximum Gasteiger partial charge on any atom is 0.417 e. The quantitative estimate of drug-likeness (QED) is 0.188. The number of hydrogen-bond acceptors (Lipinski definition) is 8. The van der Waals surface area contributed by atoms with Crippen LogP contribution in [0.4, 0.5) is 19.0 Å². The maximum absolute atomic E-state index is 15.2. The van der Waals surface area contributed by atoms with E-state index in [0.717, 1.165) is 5.01 Å². The van der Waals surface area contributed by atoms with E-state index in [4.69, 9.17) is 27.9 Å². The molecule has 272 valence electrons. The molecule has 3 heterocycles. The highest BCUT2D eigenvalue weighted by molar-refractivity contribution is 6.33. The number of aromatic nitrogens is 1. The van der Waals surface area contributed by atoms with E-state index < -0.39 is 63.6 Å². The predicted octanol–water partition coefficient (Wildman–Crippen LogP) is 6.91. The minimum Gasteiger partial charge on any atom is -0.504 e. The molecule has 6 unspecified atom stereocenters. The molecule has 3 aromatic rings. The van der Waals surface area contributed by atoms with Gasteiger partial charge in [-0.15, -0.1) is 0 Å². The fourth-order valence-electron chi connectivity index (χ4n) is 8.65. The standard InChI is InChI=1S/C37H33Cl2F3N4O6/c1-3-13-45-32(48)23-11-10-22-24(29(23)34(45)50)16-25-33(49)46(44-31-26(39)15-20(17-43-31)37(40,41)42)35(51)36(25,19-6-8-21(38)9-7-19)30(22)18-5-12-27(47)28(14-18)52-4-2/h5-10,12,14-15,17,23-25,29-30,47H,3-4,11,13,16H2,1-2H3,(H,43,44). The van der Waals surface area contributed by atoms with Crippen LogP contribution in [0.3, 0.4) is 0 Å². The van der Waals surface area contributed by atoms with Gasteiger partial charge in [-0.1, -0.05) is 60.0 Å². The average molecular weight is 758 g/mol. The molecule has 2 saturated heterocycles. The largest absolute Gasteiger partial charge is 0.504 e. The molecule has 3 fully saturated rings. The number of likely N-dealkylation sites (tertiary alicyclic amines) is 1. The van der Waals surface area contributed by atoms with Gasteiger partial charge < -0.3 is 9.84 Å². The van der Waals surface area contributed by atoms with E-state index >= 15 is 4.79 Å². The van der Waals surface area contributed by atoms with Crippen molar-refractivity contribution in [3.05, 3.63) is 93.1 Å². The van der Waals surface area contributed by atoms with Gasteiger partial charge in [0.1, 0.15) is 0 Å². The summed E-state index contributed by atoms with van der Waals surface area (Å²) in [5.41, 5.74) is 1.36. The van der Waals surface area contributed by atoms with Crippen molar-refractivity contribution in [3.8, 4) is 11.5 Å². The topological polar surface area (TPSA) is 129 Å². The van der Waals surface area contributed by atoms with E-state index in [1.165, 1.54) is 11.0 Å². The zero-order valence-corrected chi connectivity index (χ0v) is 29.4. The molecule has 2 N–H and O–H groups in total. The van der Waals surface area contributed by atoms with Gasteiger partial charge in [-0.3, -0.25) is 29.5 Å². The molecule has 1 saturated carbocycles. The summed E-state index contributed by atoms with van der Waals surface area (Å²) in [4.78, 5) is 62.6. The number of allylic oxidation sites excluding steroid dienone is 2. The van der Waals surface area contributed by atoms with Crippen LogP contribution in [0.1, 0.15) is 55.7 Å². The normalized spacial score (nSPS) is 27.0. The first-order chi connectivity index (χ1) is 24.7. The van der Waals surface area contributed by atoms with Crippen LogP contribution < -0.4 is 10.2 Å². The lowest BCUT2D eigenvalue weighted by atomic mass is 9.49. The summed E-state index contributed by atoms with van der Waals surface area (Å²) in [6.45, 7) is 4.07. The van der Waals surface area contributed by atoms with E-state index in [9.17, 15) is 32.7 Å². The Bertz CT molecular complexity index is 2020. The Morgan fingerprint density at radius 2 is 1.73 bits per heavy atom. The molecule has 4 amide bonds. The number of anilines is 1. The highest BCUT2D eigenvalue weighted by atomic mass is 35.5. The van der Waals surface area contributed by atoms with Crippen LogP contribution in [-0.2, 0) is 30.8 Å². The fourth-order valence-corrected chi connectivity index (χ4v) is 8.98. The van der Waals surface area contributed by atoms with Crippen molar-refractivity contribution in [1.82, 2.24) is 14.9 Å². The van der Waals surface area contributed by atoms with Crippen molar-refractivity contribution in [2.45, 2.75) is 50.6 Å². The number of carbonyl (C=O) groups is 4. The number of phenolic OH excluding ortho intramolecular Hbond substituents is 1. The molecule has 0 spiro atoms. The van der Waals surface area contributed by atoms with Crippen LogP contribution in [-0.4, -0.2) is 56.8 Å². The van der Waals surface area contributed by atoms with Gasteiger partial charge in [-0.25, -0.2) is 4.98 Å². The van der Waals surface area contributed by atoms with Crippen LogP contribution in [0.5, 0.6) is 11.5 Å². The monoisotopic (exact) mass is 756 g/mol. The highest BCUT2D eigenvalue weighted by Gasteiger charge is 2.70. The third kappa shape index (κ3) is 5.42. The van der Waals surface area contributed by atoms with Crippen molar-refractivity contribution in [1.29, 1.82) is 0 Å². The first-order valence-corrected chi connectivity index (χ1v) is 17.6. The molecule has 1 aromatic heterocycles. The number of ether oxygens (including phenoxy) is 1. The number of hydrogen-bond donors (Lipinski definition) is 2. The molecule has 15 heteroatoms. The van der Waals surface area contributed by atoms with Crippen LogP contribution >= 0.6 is 23.2 Å². The number of nitrogens with one attached hydrogen (secondary N) is 1. The zero-order chi connectivity index (χ0) is 37.3. The SMILES string of the molecule is CCCN1C(=O)C2CC=C3C(CC4C(=O)N(Nc5ncc(C(F)(F)F)cc5Cl)C(=O)C4(c4ccc(Cl)cc4)C3c3ccc(O)c(OCC)c3)C2C1=O. The molecule has 7 rings (SSSR count). The number of halogens is 5. The van der Waals surface area contributed by atoms with E-state index in [1.54, 1.807) is 43.3 Å². The van der Waals surface area contributed by atoms with Gasteiger partial charge in [0.05, 0.1) is 40.4 Å². The van der Waals surface area contributed by atoms with Gasteiger partial charge >= 0.3 is 6.18 Å². The zero-order valence-electron chi connectivity index (χ0n) is 27.9. The lowest BCUT2D eigenvalue weighted by Crippen LogP contribution is -2.53. The number of nitrogens with zero attached hydrogens (tertiary/aromatic N) is 3. The maximum atomic E-state index is 15.2. The Balaban J connectivity index is 1.44. The van der Waals surface area contributed by atoms with Crippen molar-refractivity contribution in [3.63, 3.8) is 0 Å². The van der Waals surface area contributed by atoms with Crippen molar-refractivity contribution in [2.24, 2.45) is 23.7 Å². The second kappa shape index (κ2) is 13.1. The predicted molar refractivity (Wildman–Crippen MR) is 183 cm³/mol. The van der Waals surface area contributed by atoms with Gasteiger partial charge in [-0.05, 0) is 73.6 Å². The average Bonchev–Trinajstić information content (AvgIpc) is 3.47. The Hall–Kier alpha value is -4.62. The highest BCUT2D eigenvalue weighted by Crippen LogP contribution is 2.64. The van der Waals surface area contributed by atoms with E-state index in [1.807, 2.05) is 13.0 Å². The molecule has 10 nitrogen and oxygen atoms in total. The minimum atomic E-state index is -4.74. The fraction of sp³-hybridized carbons (Fsp3) is 0.378. The number of phenols is 1.